The summed E-state index contributed by atoms with van der Waals surface area (Å²) in [6.45, 7) is 7.13. The number of quaternary nitrogens is 1. The summed E-state index contributed by atoms with van der Waals surface area (Å²) in [5.74, 6) is 1.71. The fourth-order valence-electron chi connectivity index (χ4n) is 4.26. The van der Waals surface area contributed by atoms with Crippen molar-refractivity contribution in [2.24, 2.45) is 0 Å². The molecule has 0 aliphatic heterocycles. The fraction of sp³-hybridized carbons (Fsp3) is 0.593. The number of nitrogens with two attached hydrogens (primary N) is 1. The number of fused-ring (bicyclic) bond motifs is 3. The van der Waals surface area contributed by atoms with Crippen LogP contribution in [0.2, 0.25) is 0 Å². The highest BCUT2D eigenvalue weighted by Gasteiger charge is 2.15. The molecule has 0 aliphatic rings. The van der Waals surface area contributed by atoms with Crippen LogP contribution in [0.5, 0.6) is 0 Å². The molecule has 186 valence electrons. The highest BCUT2D eigenvalue weighted by Crippen LogP contribution is 2.27. The molecule has 0 unspecified atom stereocenters. The van der Waals surface area contributed by atoms with Gasteiger partial charge in [-0.05, 0) is 50.7 Å². The van der Waals surface area contributed by atoms with Gasteiger partial charge in [-0.1, -0.05) is 25.5 Å². The molecule has 0 radical (unpaired) electrons. The number of aromatic nitrogens is 3. The van der Waals surface area contributed by atoms with E-state index < -0.39 is 0 Å². The molecule has 0 amide bonds. The van der Waals surface area contributed by atoms with Gasteiger partial charge in [0.05, 0.1) is 39.4 Å². The second-order valence-electron chi connectivity index (χ2n) is 10.1. The Hall–Kier alpha value is -2.51. The summed E-state index contributed by atoms with van der Waals surface area (Å²) in [5, 5.41) is 1.07. The first-order chi connectivity index (χ1) is 16.3. The highest BCUT2D eigenvalue weighted by molar-refractivity contribution is 6.06. The van der Waals surface area contributed by atoms with Crippen LogP contribution in [-0.2, 0) is 22.4 Å². The molecule has 7 heteroatoms. The third-order valence-electron chi connectivity index (χ3n) is 6.50. The first-order valence-corrected chi connectivity index (χ1v) is 12.7. The van der Waals surface area contributed by atoms with Crippen molar-refractivity contribution >= 4 is 33.5 Å². The number of pyridine rings is 1. The SMILES string of the molecule is CCCCc1nc2c([nH]1)c(N)nc1cc(CCCCC[N+](C)(C)CCOCCC(C)=O)ccc12. The predicted molar refractivity (Wildman–Crippen MR) is 140 cm³/mol. The minimum absolute atomic E-state index is 0.186. The Kier molecular flexibility index (Phi) is 9.42. The summed E-state index contributed by atoms with van der Waals surface area (Å²) in [6, 6.07) is 6.53. The van der Waals surface area contributed by atoms with Crippen LogP contribution in [0, 0.1) is 0 Å². The summed E-state index contributed by atoms with van der Waals surface area (Å²) in [5.41, 5.74) is 10.3. The summed E-state index contributed by atoms with van der Waals surface area (Å²) >= 11 is 0. The lowest BCUT2D eigenvalue weighted by Crippen LogP contribution is -2.43. The number of hydrogen-bond donors (Lipinski definition) is 2. The van der Waals surface area contributed by atoms with E-state index in [1.165, 1.54) is 18.4 Å². The van der Waals surface area contributed by atoms with E-state index in [0.717, 1.165) is 77.4 Å². The van der Waals surface area contributed by atoms with E-state index in [0.29, 0.717) is 25.5 Å². The van der Waals surface area contributed by atoms with Crippen LogP contribution < -0.4 is 5.73 Å². The Morgan fingerprint density at radius 3 is 2.65 bits per heavy atom. The number of hydrogen-bond acceptors (Lipinski definition) is 5. The zero-order valence-corrected chi connectivity index (χ0v) is 21.5. The van der Waals surface area contributed by atoms with E-state index in [4.69, 9.17) is 15.5 Å². The zero-order valence-electron chi connectivity index (χ0n) is 21.5. The number of aryl methyl sites for hydroxylation is 2. The molecular weight excluding hydrogens is 426 g/mol. The Labute approximate surface area is 203 Å². The first kappa shape index (κ1) is 26.1. The van der Waals surface area contributed by atoms with Gasteiger partial charge in [-0.3, -0.25) is 4.79 Å². The number of carbonyl (C=O) groups excluding carboxylic acids is 1. The molecule has 0 spiro atoms. The van der Waals surface area contributed by atoms with Crippen molar-refractivity contribution in [3.63, 3.8) is 0 Å². The van der Waals surface area contributed by atoms with Gasteiger partial charge in [-0.15, -0.1) is 0 Å². The average molecular weight is 469 g/mol. The maximum absolute atomic E-state index is 11.0. The van der Waals surface area contributed by atoms with Crippen molar-refractivity contribution in [3.8, 4) is 0 Å². The summed E-state index contributed by atoms with van der Waals surface area (Å²) in [7, 11) is 4.49. The molecule has 0 atom stereocenters. The molecule has 0 fully saturated rings. The number of unbranched alkanes of at least 4 members (excludes halogenated alkanes) is 3. The highest BCUT2D eigenvalue weighted by atomic mass is 16.5. The number of ketones is 1. The van der Waals surface area contributed by atoms with E-state index >= 15 is 0 Å². The normalized spacial score (nSPS) is 12.1. The van der Waals surface area contributed by atoms with Gasteiger partial charge >= 0.3 is 0 Å². The minimum Gasteiger partial charge on any atom is -0.382 e. The molecule has 0 saturated carbocycles. The number of Topliss-reactive ketones (excluding diaryl/α,β-unsaturated/α-hetero) is 1. The standard InChI is InChI=1S/C27H42N5O2/c1-5-6-11-24-30-25-22-13-12-21(19-23(22)29-27(28)26(25)31-24)10-8-7-9-15-32(3,4)16-18-34-17-14-20(2)33/h12-13,19H,5-11,14-18H2,1-4H3,(H2,28,29)(H,30,31)/q+1. The molecule has 0 aliphatic carbocycles. The van der Waals surface area contributed by atoms with Crippen LogP contribution in [0.15, 0.2) is 18.2 Å². The van der Waals surface area contributed by atoms with Crippen molar-refractivity contribution in [2.75, 3.05) is 46.1 Å². The van der Waals surface area contributed by atoms with E-state index in [1.54, 1.807) is 6.92 Å². The van der Waals surface area contributed by atoms with Gasteiger partial charge in [0.2, 0.25) is 0 Å². The van der Waals surface area contributed by atoms with Crippen LogP contribution in [0.4, 0.5) is 5.82 Å². The Bertz CT molecular complexity index is 1090. The van der Waals surface area contributed by atoms with Crippen LogP contribution in [0.3, 0.4) is 0 Å². The number of imidazole rings is 1. The van der Waals surface area contributed by atoms with E-state index in [2.05, 4.69) is 49.2 Å². The number of ether oxygens (including phenoxy) is 1. The van der Waals surface area contributed by atoms with Gasteiger partial charge in [-0.2, -0.15) is 0 Å². The van der Waals surface area contributed by atoms with Crippen LogP contribution in [0.1, 0.15) is 63.8 Å². The lowest BCUT2D eigenvalue weighted by Gasteiger charge is -2.29. The van der Waals surface area contributed by atoms with Crippen molar-refractivity contribution < 1.29 is 14.0 Å². The number of carbonyl (C=O) groups is 1. The largest absolute Gasteiger partial charge is 0.382 e. The Morgan fingerprint density at radius 2 is 1.88 bits per heavy atom. The molecule has 2 aromatic heterocycles. The number of aromatic amines is 1. The van der Waals surface area contributed by atoms with Gasteiger partial charge in [0.15, 0.2) is 0 Å². The average Bonchev–Trinajstić information content (AvgIpc) is 3.22. The molecule has 3 rings (SSSR count). The molecule has 3 aromatic rings. The van der Waals surface area contributed by atoms with Gasteiger partial charge in [0.1, 0.15) is 35.0 Å². The number of H-pyrrole nitrogens is 1. The zero-order chi connectivity index (χ0) is 24.6. The molecular formula is C27H42N5O2+. The Balaban J connectivity index is 1.48. The van der Waals surface area contributed by atoms with Crippen LogP contribution in [-0.4, -0.2) is 65.6 Å². The van der Waals surface area contributed by atoms with E-state index in [9.17, 15) is 4.79 Å². The minimum atomic E-state index is 0.186. The van der Waals surface area contributed by atoms with Gasteiger partial charge < -0.3 is 19.9 Å². The first-order valence-electron chi connectivity index (χ1n) is 12.7. The maximum atomic E-state index is 11.0. The molecule has 34 heavy (non-hydrogen) atoms. The predicted octanol–water partition coefficient (Wildman–Crippen LogP) is 4.82. The second-order valence-corrected chi connectivity index (χ2v) is 10.1. The number of likely N-dealkylation sites (N-methyl/N-ethyl adjacent to an activating group) is 1. The summed E-state index contributed by atoms with van der Waals surface area (Å²) in [6.07, 6.45) is 8.28. The van der Waals surface area contributed by atoms with Crippen molar-refractivity contribution in [1.29, 1.82) is 0 Å². The summed E-state index contributed by atoms with van der Waals surface area (Å²) in [4.78, 5) is 23.8. The molecule has 2 heterocycles. The van der Waals surface area contributed by atoms with Gasteiger partial charge in [0, 0.05) is 18.2 Å². The third kappa shape index (κ3) is 7.50. The van der Waals surface area contributed by atoms with Gasteiger partial charge in [-0.25, -0.2) is 9.97 Å². The number of anilines is 1. The fourth-order valence-corrected chi connectivity index (χ4v) is 4.26. The maximum Gasteiger partial charge on any atom is 0.150 e. The number of nitrogens with one attached hydrogen (secondary N) is 1. The second kappa shape index (κ2) is 12.3. The number of rotatable bonds is 15. The van der Waals surface area contributed by atoms with Crippen molar-refractivity contribution in [3.05, 3.63) is 29.6 Å². The third-order valence-corrected chi connectivity index (χ3v) is 6.50. The monoisotopic (exact) mass is 468 g/mol. The van der Waals surface area contributed by atoms with Crippen molar-refractivity contribution in [1.82, 2.24) is 15.0 Å². The quantitative estimate of drug-likeness (QED) is 0.246. The number of nitrogen functional groups attached to an aromatic ring is 1. The van der Waals surface area contributed by atoms with Gasteiger partial charge in [0.25, 0.3) is 0 Å². The van der Waals surface area contributed by atoms with E-state index in [1.807, 2.05) is 0 Å². The topological polar surface area (TPSA) is 93.9 Å². The van der Waals surface area contributed by atoms with Crippen LogP contribution >= 0.6 is 0 Å². The molecule has 1 aromatic carbocycles. The molecule has 0 bridgehead atoms. The summed E-state index contributed by atoms with van der Waals surface area (Å²) < 4.78 is 6.54. The van der Waals surface area contributed by atoms with Crippen LogP contribution in [0.25, 0.3) is 21.9 Å². The van der Waals surface area contributed by atoms with Crippen molar-refractivity contribution in [2.45, 2.75) is 65.2 Å². The Morgan fingerprint density at radius 1 is 1.06 bits per heavy atom. The number of benzene rings is 1. The molecule has 3 N–H and O–H groups in total. The molecule has 0 saturated heterocycles. The molecule has 7 nitrogen and oxygen atoms in total. The van der Waals surface area contributed by atoms with E-state index in [-0.39, 0.29) is 5.78 Å². The lowest BCUT2D eigenvalue weighted by atomic mass is 10.0. The number of nitrogens with zero attached hydrogens (tertiary/aromatic N) is 3. The lowest BCUT2D eigenvalue weighted by molar-refractivity contribution is -0.891. The smallest absolute Gasteiger partial charge is 0.150 e.